The maximum Gasteiger partial charge on any atom is 0.273 e. The third-order valence-electron chi connectivity index (χ3n) is 2.49. The van der Waals surface area contributed by atoms with Crippen LogP contribution in [-0.2, 0) is 4.79 Å². The number of rotatable bonds is 1. The van der Waals surface area contributed by atoms with Crippen molar-refractivity contribution in [2.45, 2.75) is 0 Å². The molecule has 2 rings (SSSR count). The second-order valence-corrected chi connectivity index (χ2v) is 4.50. The molecule has 1 aromatic rings. The molecule has 0 aliphatic carbocycles. The van der Waals surface area contributed by atoms with Gasteiger partial charge in [0.25, 0.3) is 5.91 Å². The van der Waals surface area contributed by atoms with E-state index < -0.39 is 0 Å². The summed E-state index contributed by atoms with van der Waals surface area (Å²) < 4.78 is 0. The first-order valence-electron chi connectivity index (χ1n) is 4.82. The molecule has 0 aromatic carbocycles. The van der Waals surface area contributed by atoms with Crippen molar-refractivity contribution in [2.75, 3.05) is 32.4 Å². The zero-order chi connectivity index (χ0) is 11.7. The molecule has 0 unspecified atom stereocenters. The van der Waals surface area contributed by atoms with Gasteiger partial charge in [0.2, 0.25) is 5.91 Å². The molecule has 0 radical (unpaired) electrons. The first-order valence-corrected chi connectivity index (χ1v) is 5.70. The normalized spacial score (nSPS) is 16.7. The Balaban J connectivity index is 2.09. The average molecular weight is 240 g/mol. The Labute approximate surface area is 96.7 Å². The predicted octanol–water partition coefficient (Wildman–Crippen LogP) is -0.361. The van der Waals surface area contributed by atoms with Crippen molar-refractivity contribution in [1.82, 2.24) is 14.8 Å². The number of hydrogen-bond donors (Lipinski definition) is 1. The molecule has 2 heterocycles. The Bertz CT molecular complexity index is 431. The molecule has 2 amide bonds. The van der Waals surface area contributed by atoms with E-state index in [4.69, 9.17) is 5.73 Å². The first kappa shape index (κ1) is 10.9. The standard InChI is InChI=1S/C9H12N4O2S/c1-12-2-3-13(4-7(12)14)8(15)6-5-16-9(10)11-6/h5H,2-4H2,1H3,(H2,10,11). The number of aromatic nitrogens is 1. The Morgan fingerprint density at radius 1 is 1.56 bits per heavy atom. The van der Waals surface area contributed by atoms with Gasteiger partial charge in [-0.25, -0.2) is 4.98 Å². The van der Waals surface area contributed by atoms with Crippen LogP contribution in [0.4, 0.5) is 5.13 Å². The van der Waals surface area contributed by atoms with Crippen LogP contribution in [0.3, 0.4) is 0 Å². The smallest absolute Gasteiger partial charge is 0.273 e. The minimum Gasteiger partial charge on any atom is -0.375 e. The van der Waals surface area contributed by atoms with E-state index in [0.29, 0.717) is 23.9 Å². The number of carbonyl (C=O) groups is 2. The van der Waals surface area contributed by atoms with Crippen LogP contribution < -0.4 is 5.73 Å². The first-order chi connectivity index (χ1) is 7.58. The molecule has 16 heavy (non-hydrogen) atoms. The van der Waals surface area contributed by atoms with Gasteiger partial charge in [-0.3, -0.25) is 9.59 Å². The number of likely N-dealkylation sites (N-methyl/N-ethyl adjacent to an activating group) is 1. The van der Waals surface area contributed by atoms with Gasteiger partial charge in [0, 0.05) is 25.5 Å². The summed E-state index contributed by atoms with van der Waals surface area (Å²) in [5.41, 5.74) is 5.78. The number of anilines is 1. The highest BCUT2D eigenvalue weighted by atomic mass is 32.1. The fraction of sp³-hybridized carbons (Fsp3) is 0.444. The maximum absolute atomic E-state index is 11.9. The largest absolute Gasteiger partial charge is 0.375 e. The lowest BCUT2D eigenvalue weighted by Crippen LogP contribution is -2.50. The molecular weight excluding hydrogens is 228 g/mol. The second kappa shape index (κ2) is 4.09. The molecular formula is C9H12N4O2S. The van der Waals surface area contributed by atoms with Gasteiger partial charge >= 0.3 is 0 Å². The van der Waals surface area contributed by atoms with Gasteiger partial charge in [-0.15, -0.1) is 11.3 Å². The summed E-state index contributed by atoms with van der Waals surface area (Å²) in [5.74, 6) is -0.280. The number of carbonyl (C=O) groups excluding carboxylic acids is 2. The average Bonchev–Trinajstić information content (AvgIpc) is 2.68. The van der Waals surface area contributed by atoms with Crippen LogP contribution in [-0.4, -0.2) is 53.3 Å². The van der Waals surface area contributed by atoms with Crippen molar-refractivity contribution in [2.24, 2.45) is 0 Å². The lowest BCUT2D eigenvalue weighted by atomic mass is 10.3. The highest BCUT2D eigenvalue weighted by Gasteiger charge is 2.26. The van der Waals surface area contributed by atoms with Gasteiger partial charge in [-0.05, 0) is 0 Å². The third-order valence-corrected chi connectivity index (χ3v) is 3.16. The Kier molecular flexibility index (Phi) is 2.78. The van der Waals surface area contributed by atoms with Crippen molar-refractivity contribution >= 4 is 28.3 Å². The number of nitrogens with two attached hydrogens (primary N) is 1. The zero-order valence-electron chi connectivity index (χ0n) is 8.84. The molecule has 2 N–H and O–H groups in total. The van der Waals surface area contributed by atoms with Crippen LogP contribution in [0.1, 0.15) is 10.5 Å². The fourth-order valence-electron chi connectivity index (χ4n) is 1.48. The lowest BCUT2D eigenvalue weighted by Gasteiger charge is -2.31. The van der Waals surface area contributed by atoms with Crippen LogP contribution in [0.2, 0.25) is 0 Å². The number of piperazine rings is 1. The van der Waals surface area contributed by atoms with Gasteiger partial charge in [0.05, 0.1) is 0 Å². The van der Waals surface area contributed by atoms with Crippen LogP contribution in [0.5, 0.6) is 0 Å². The minimum atomic E-state index is -0.227. The minimum absolute atomic E-state index is 0.0530. The monoisotopic (exact) mass is 240 g/mol. The summed E-state index contributed by atoms with van der Waals surface area (Å²) >= 11 is 1.22. The number of nitrogens with zero attached hydrogens (tertiary/aromatic N) is 3. The third kappa shape index (κ3) is 1.99. The van der Waals surface area contributed by atoms with Crippen LogP contribution in [0, 0.1) is 0 Å². The second-order valence-electron chi connectivity index (χ2n) is 3.61. The van der Waals surface area contributed by atoms with E-state index in [0.717, 1.165) is 0 Å². The number of thiazole rings is 1. The van der Waals surface area contributed by atoms with E-state index in [-0.39, 0.29) is 18.4 Å². The van der Waals surface area contributed by atoms with Gasteiger partial charge in [0.15, 0.2) is 5.13 Å². The molecule has 1 aromatic heterocycles. The summed E-state index contributed by atoms with van der Waals surface area (Å²) in [7, 11) is 1.73. The Hall–Kier alpha value is -1.63. The number of nitrogen functional groups attached to an aromatic ring is 1. The van der Waals surface area contributed by atoms with E-state index in [1.807, 2.05) is 0 Å². The highest BCUT2D eigenvalue weighted by molar-refractivity contribution is 7.13. The van der Waals surface area contributed by atoms with Crippen molar-refractivity contribution < 1.29 is 9.59 Å². The molecule has 1 saturated heterocycles. The summed E-state index contributed by atoms with van der Waals surface area (Å²) in [4.78, 5) is 30.4. The van der Waals surface area contributed by atoms with E-state index in [1.54, 1.807) is 17.3 Å². The van der Waals surface area contributed by atoms with Gasteiger partial charge < -0.3 is 15.5 Å². The quantitative estimate of drug-likeness (QED) is 0.727. The van der Waals surface area contributed by atoms with Gasteiger partial charge in [-0.1, -0.05) is 0 Å². The Morgan fingerprint density at radius 3 is 2.88 bits per heavy atom. The topological polar surface area (TPSA) is 79.5 Å². The van der Waals surface area contributed by atoms with Crippen LogP contribution >= 0.6 is 11.3 Å². The molecule has 1 aliphatic rings. The van der Waals surface area contributed by atoms with Crippen LogP contribution in [0.15, 0.2) is 5.38 Å². The SMILES string of the molecule is CN1CCN(C(=O)c2csc(N)n2)CC1=O. The summed E-state index contributed by atoms with van der Waals surface area (Å²) in [6, 6.07) is 0. The molecule has 0 saturated carbocycles. The summed E-state index contributed by atoms with van der Waals surface area (Å²) in [5, 5.41) is 1.98. The molecule has 86 valence electrons. The summed E-state index contributed by atoms with van der Waals surface area (Å²) in [6.45, 7) is 1.22. The highest BCUT2D eigenvalue weighted by Crippen LogP contribution is 2.14. The van der Waals surface area contributed by atoms with E-state index >= 15 is 0 Å². The molecule has 6 nitrogen and oxygen atoms in total. The van der Waals surface area contributed by atoms with Crippen molar-refractivity contribution in [3.8, 4) is 0 Å². The molecule has 1 fully saturated rings. The van der Waals surface area contributed by atoms with Gasteiger partial charge in [0.1, 0.15) is 12.2 Å². The van der Waals surface area contributed by atoms with Crippen molar-refractivity contribution in [1.29, 1.82) is 0 Å². The predicted molar refractivity (Wildman–Crippen MR) is 60.1 cm³/mol. The maximum atomic E-state index is 11.9. The molecule has 7 heteroatoms. The van der Waals surface area contributed by atoms with E-state index in [2.05, 4.69) is 4.98 Å². The zero-order valence-corrected chi connectivity index (χ0v) is 9.66. The van der Waals surface area contributed by atoms with Crippen molar-refractivity contribution in [3.63, 3.8) is 0 Å². The lowest BCUT2D eigenvalue weighted by molar-refractivity contribution is -0.133. The van der Waals surface area contributed by atoms with Gasteiger partial charge in [-0.2, -0.15) is 0 Å². The van der Waals surface area contributed by atoms with Crippen LogP contribution in [0.25, 0.3) is 0 Å². The molecule has 0 bridgehead atoms. The van der Waals surface area contributed by atoms with E-state index in [9.17, 15) is 9.59 Å². The van der Waals surface area contributed by atoms with E-state index in [1.165, 1.54) is 16.2 Å². The Morgan fingerprint density at radius 2 is 2.31 bits per heavy atom. The fourth-order valence-corrected chi connectivity index (χ4v) is 2.02. The number of hydrogen-bond acceptors (Lipinski definition) is 5. The van der Waals surface area contributed by atoms with Crippen molar-refractivity contribution in [3.05, 3.63) is 11.1 Å². The summed E-state index contributed by atoms with van der Waals surface area (Å²) in [6.07, 6.45) is 0. The molecule has 0 atom stereocenters. The number of amides is 2. The molecule has 0 spiro atoms. The molecule has 1 aliphatic heterocycles.